The molecule has 0 aromatic heterocycles. The molecule has 0 bridgehead atoms. The van der Waals surface area contributed by atoms with Crippen molar-refractivity contribution in [1.29, 1.82) is 0 Å². The summed E-state index contributed by atoms with van der Waals surface area (Å²) in [6, 6.07) is 10.1. The number of nitro groups is 1. The van der Waals surface area contributed by atoms with Gasteiger partial charge in [-0.15, -0.1) is 0 Å². The van der Waals surface area contributed by atoms with Gasteiger partial charge in [-0.3, -0.25) is 14.9 Å². The summed E-state index contributed by atoms with van der Waals surface area (Å²) < 4.78 is 28.2. The molecule has 30 heavy (non-hydrogen) atoms. The normalized spacial score (nSPS) is 11.6. The van der Waals surface area contributed by atoms with Gasteiger partial charge in [0.25, 0.3) is 11.6 Å². The van der Waals surface area contributed by atoms with Gasteiger partial charge in [-0.25, -0.2) is 13.2 Å². The number of para-hydroxylation sites is 1. The van der Waals surface area contributed by atoms with Gasteiger partial charge in [0.15, 0.2) is 16.4 Å². The zero-order valence-corrected chi connectivity index (χ0v) is 17.8. The molecule has 1 N–H and O–H groups in total. The average molecular weight is 434 g/mol. The summed E-state index contributed by atoms with van der Waals surface area (Å²) in [5.74, 6) is -1.57. The monoisotopic (exact) mass is 434 g/mol. The minimum atomic E-state index is -3.86. The Kier molecular flexibility index (Phi) is 6.61. The number of benzene rings is 2. The van der Waals surface area contributed by atoms with Crippen molar-refractivity contribution in [3.63, 3.8) is 0 Å². The number of nitrogens with zero attached hydrogens (tertiary/aromatic N) is 1. The number of carbonyl (C=O) groups is 2. The number of esters is 1. The van der Waals surface area contributed by atoms with Crippen molar-refractivity contribution in [2.45, 2.75) is 31.1 Å². The molecule has 0 unspecified atom stereocenters. The summed E-state index contributed by atoms with van der Waals surface area (Å²) in [6.07, 6.45) is 0.826. The Morgan fingerprint density at radius 2 is 1.77 bits per heavy atom. The van der Waals surface area contributed by atoms with E-state index in [1.54, 1.807) is 12.1 Å². The number of sulfone groups is 1. The lowest BCUT2D eigenvalue weighted by Crippen LogP contribution is -2.23. The first-order valence-corrected chi connectivity index (χ1v) is 10.7. The molecule has 0 atom stereocenters. The van der Waals surface area contributed by atoms with Crippen LogP contribution in [0.5, 0.6) is 0 Å². The lowest BCUT2D eigenvalue weighted by atomic mass is 9.86. The molecular weight excluding hydrogens is 412 g/mol. The molecule has 1 amide bonds. The van der Waals surface area contributed by atoms with Crippen LogP contribution < -0.4 is 5.32 Å². The highest BCUT2D eigenvalue weighted by Crippen LogP contribution is 2.29. The Bertz CT molecular complexity index is 1100. The van der Waals surface area contributed by atoms with Gasteiger partial charge >= 0.3 is 5.97 Å². The van der Waals surface area contributed by atoms with Crippen LogP contribution in [-0.2, 0) is 24.8 Å². The van der Waals surface area contributed by atoms with Gasteiger partial charge in [-0.05, 0) is 29.2 Å². The molecule has 10 heteroatoms. The van der Waals surface area contributed by atoms with E-state index in [9.17, 15) is 28.1 Å². The molecule has 160 valence electrons. The van der Waals surface area contributed by atoms with E-state index >= 15 is 0 Å². The zero-order valence-electron chi connectivity index (χ0n) is 17.0. The van der Waals surface area contributed by atoms with Crippen LogP contribution in [0.4, 0.5) is 11.4 Å². The molecule has 0 saturated heterocycles. The summed E-state index contributed by atoms with van der Waals surface area (Å²) in [6.45, 7) is 5.36. The van der Waals surface area contributed by atoms with Crippen LogP contribution in [0.15, 0.2) is 47.4 Å². The van der Waals surface area contributed by atoms with Crippen LogP contribution in [-0.4, -0.2) is 38.1 Å². The number of nitro benzene ring substituents is 1. The van der Waals surface area contributed by atoms with Gasteiger partial charge in [-0.1, -0.05) is 39.0 Å². The summed E-state index contributed by atoms with van der Waals surface area (Å²) in [7, 11) is -3.86. The Morgan fingerprint density at radius 1 is 1.13 bits per heavy atom. The molecular formula is C20H22N2O7S. The highest BCUT2D eigenvalue weighted by molar-refractivity contribution is 7.90. The van der Waals surface area contributed by atoms with Crippen molar-refractivity contribution in [1.82, 2.24) is 0 Å². The molecule has 0 aliphatic carbocycles. The highest BCUT2D eigenvalue weighted by atomic mass is 32.2. The summed E-state index contributed by atoms with van der Waals surface area (Å²) >= 11 is 0. The predicted molar refractivity (Wildman–Crippen MR) is 110 cm³/mol. The highest BCUT2D eigenvalue weighted by Gasteiger charge is 2.25. The van der Waals surface area contributed by atoms with Gasteiger partial charge in [0.05, 0.1) is 10.5 Å². The molecule has 9 nitrogen and oxygen atoms in total. The molecule has 2 rings (SSSR count). The van der Waals surface area contributed by atoms with E-state index in [1.807, 2.05) is 32.9 Å². The number of amides is 1. The fourth-order valence-corrected chi connectivity index (χ4v) is 3.58. The van der Waals surface area contributed by atoms with E-state index < -0.39 is 43.8 Å². The molecule has 0 aliphatic rings. The van der Waals surface area contributed by atoms with Crippen LogP contribution in [0.2, 0.25) is 0 Å². The number of nitrogens with one attached hydrogen (secondary N) is 1. The topological polar surface area (TPSA) is 133 Å². The van der Waals surface area contributed by atoms with E-state index in [0.717, 1.165) is 30.0 Å². The minimum absolute atomic E-state index is 0.221. The van der Waals surface area contributed by atoms with Gasteiger partial charge in [0.2, 0.25) is 0 Å². The van der Waals surface area contributed by atoms with Crippen molar-refractivity contribution in [3.8, 4) is 0 Å². The maximum atomic E-state index is 12.2. The summed E-state index contributed by atoms with van der Waals surface area (Å²) in [5, 5.41) is 13.8. The van der Waals surface area contributed by atoms with E-state index in [-0.39, 0.29) is 11.0 Å². The van der Waals surface area contributed by atoms with Crippen molar-refractivity contribution >= 4 is 33.1 Å². The Balaban J connectivity index is 2.12. The number of anilines is 1. The van der Waals surface area contributed by atoms with Crippen LogP contribution in [0.3, 0.4) is 0 Å². The van der Waals surface area contributed by atoms with Crippen LogP contribution in [0, 0.1) is 10.1 Å². The number of rotatable bonds is 6. The predicted octanol–water partition coefficient (Wildman–Crippen LogP) is 3.09. The second kappa shape index (κ2) is 8.62. The average Bonchev–Trinajstić information content (AvgIpc) is 2.64. The molecule has 0 aliphatic heterocycles. The molecule has 2 aromatic rings. The van der Waals surface area contributed by atoms with Crippen molar-refractivity contribution in [2.75, 3.05) is 18.2 Å². The van der Waals surface area contributed by atoms with Gasteiger partial charge in [-0.2, -0.15) is 0 Å². The molecule has 0 saturated carbocycles. The fourth-order valence-electron chi connectivity index (χ4n) is 2.75. The molecule has 2 aromatic carbocycles. The standard InChI is InChI=1S/C20H22N2O7S/c1-20(2,3)14-7-5-6-8-15(14)21-18(23)12-29-19(24)13-9-10-17(30(4,27)28)16(11-13)22(25)26/h5-11H,12H2,1-4H3,(H,21,23). The Hall–Kier alpha value is -3.27. The summed E-state index contributed by atoms with van der Waals surface area (Å²) in [4.78, 5) is 34.1. The third-order valence-electron chi connectivity index (χ3n) is 4.13. The first-order chi connectivity index (χ1) is 13.8. The maximum Gasteiger partial charge on any atom is 0.338 e. The smallest absolute Gasteiger partial charge is 0.338 e. The lowest BCUT2D eigenvalue weighted by Gasteiger charge is -2.22. The third-order valence-corrected chi connectivity index (χ3v) is 5.28. The van der Waals surface area contributed by atoms with Gasteiger partial charge < -0.3 is 10.1 Å². The summed E-state index contributed by atoms with van der Waals surface area (Å²) in [5.41, 5.74) is 0.282. The minimum Gasteiger partial charge on any atom is -0.452 e. The van der Waals surface area contributed by atoms with Gasteiger partial charge in [0.1, 0.15) is 4.90 Å². The van der Waals surface area contributed by atoms with E-state index in [4.69, 9.17) is 4.74 Å². The largest absolute Gasteiger partial charge is 0.452 e. The molecule has 0 heterocycles. The Labute approximate surface area is 174 Å². The van der Waals surface area contributed by atoms with Crippen molar-refractivity contribution in [2.24, 2.45) is 0 Å². The van der Waals surface area contributed by atoms with Crippen LogP contribution in [0.25, 0.3) is 0 Å². The fraction of sp³-hybridized carbons (Fsp3) is 0.300. The van der Waals surface area contributed by atoms with Gasteiger partial charge in [0, 0.05) is 18.0 Å². The third kappa shape index (κ3) is 5.63. The second-order valence-corrected chi connectivity index (χ2v) is 9.62. The van der Waals surface area contributed by atoms with Crippen molar-refractivity contribution < 1.29 is 27.7 Å². The number of ether oxygens (including phenoxy) is 1. The van der Waals surface area contributed by atoms with Crippen LogP contribution in [0.1, 0.15) is 36.7 Å². The van der Waals surface area contributed by atoms with E-state index in [2.05, 4.69) is 5.32 Å². The number of hydrogen-bond acceptors (Lipinski definition) is 7. The van der Waals surface area contributed by atoms with Crippen molar-refractivity contribution in [3.05, 3.63) is 63.7 Å². The molecule has 0 spiro atoms. The number of carbonyl (C=O) groups excluding carboxylic acids is 2. The zero-order chi connectivity index (χ0) is 22.7. The first kappa shape index (κ1) is 23.0. The van der Waals surface area contributed by atoms with Crippen LogP contribution >= 0.6 is 0 Å². The van der Waals surface area contributed by atoms with E-state index in [0.29, 0.717) is 5.69 Å². The second-order valence-electron chi connectivity index (χ2n) is 7.63. The quantitative estimate of drug-likeness (QED) is 0.419. The van der Waals surface area contributed by atoms with E-state index in [1.165, 1.54) is 0 Å². The SMILES string of the molecule is CC(C)(C)c1ccccc1NC(=O)COC(=O)c1ccc(S(C)(=O)=O)c([N+](=O)[O-])c1. The Morgan fingerprint density at radius 3 is 2.33 bits per heavy atom. The first-order valence-electron chi connectivity index (χ1n) is 8.85. The lowest BCUT2D eigenvalue weighted by molar-refractivity contribution is -0.387. The molecule has 0 radical (unpaired) electrons. The maximum absolute atomic E-state index is 12.2. The molecule has 0 fully saturated rings. The number of hydrogen-bond donors (Lipinski definition) is 1.